The predicted molar refractivity (Wildman–Crippen MR) is 87.8 cm³/mol. The van der Waals surface area contributed by atoms with Crippen molar-refractivity contribution >= 4 is 17.4 Å². The molecule has 2 aromatic carbocycles. The number of nitrogens with zero attached hydrogens (tertiary/aromatic N) is 3. The molecule has 0 bridgehead atoms. The number of nitriles is 1. The molecule has 0 aliphatic heterocycles. The highest BCUT2D eigenvalue weighted by Gasteiger charge is 2.20. The SMILES string of the molecule is Cc1ccc(-c2nn(-c3cccc(F)c3)c(N)c2C#N)c(Cl)c1. The van der Waals surface area contributed by atoms with Crippen LogP contribution in [-0.2, 0) is 0 Å². The molecule has 6 heteroatoms. The van der Waals surface area contributed by atoms with Gasteiger partial charge >= 0.3 is 0 Å². The maximum atomic E-state index is 13.4. The number of aryl methyl sites for hydroxylation is 1. The van der Waals surface area contributed by atoms with Crippen LogP contribution in [0.15, 0.2) is 42.5 Å². The number of benzene rings is 2. The number of hydrogen-bond donors (Lipinski definition) is 1. The van der Waals surface area contributed by atoms with E-state index in [9.17, 15) is 9.65 Å². The fraction of sp³-hybridized carbons (Fsp3) is 0.0588. The maximum Gasteiger partial charge on any atom is 0.145 e. The van der Waals surface area contributed by atoms with Gasteiger partial charge in [-0.25, -0.2) is 9.07 Å². The van der Waals surface area contributed by atoms with Gasteiger partial charge in [0, 0.05) is 5.56 Å². The molecule has 3 rings (SSSR count). The van der Waals surface area contributed by atoms with Crippen molar-refractivity contribution in [2.24, 2.45) is 0 Å². The minimum atomic E-state index is -0.411. The molecule has 0 radical (unpaired) electrons. The Hall–Kier alpha value is -2.84. The normalized spacial score (nSPS) is 10.5. The van der Waals surface area contributed by atoms with Gasteiger partial charge in [0.15, 0.2) is 0 Å². The lowest BCUT2D eigenvalue weighted by atomic mass is 10.1. The van der Waals surface area contributed by atoms with E-state index in [1.165, 1.54) is 16.8 Å². The molecule has 114 valence electrons. The molecule has 0 fully saturated rings. The molecule has 4 nitrogen and oxygen atoms in total. The molecule has 0 saturated carbocycles. The van der Waals surface area contributed by atoms with Crippen LogP contribution in [0.25, 0.3) is 16.9 Å². The van der Waals surface area contributed by atoms with Crippen molar-refractivity contribution in [3.63, 3.8) is 0 Å². The van der Waals surface area contributed by atoms with Crippen LogP contribution in [0, 0.1) is 24.1 Å². The largest absolute Gasteiger partial charge is 0.382 e. The van der Waals surface area contributed by atoms with E-state index in [0.29, 0.717) is 22.0 Å². The second-order valence-electron chi connectivity index (χ2n) is 5.10. The summed E-state index contributed by atoms with van der Waals surface area (Å²) >= 11 is 6.27. The van der Waals surface area contributed by atoms with Crippen molar-refractivity contribution in [2.75, 3.05) is 5.73 Å². The first kappa shape index (κ1) is 15.1. The topological polar surface area (TPSA) is 67.6 Å². The van der Waals surface area contributed by atoms with Crippen LogP contribution in [0.2, 0.25) is 5.02 Å². The van der Waals surface area contributed by atoms with Gasteiger partial charge in [-0.15, -0.1) is 0 Å². The first-order valence-corrected chi connectivity index (χ1v) is 7.20. The second-order valence-corrected chi connectivity index (χ2v) is 5.50. The Bertz CT molecular complexity index is 940. The molecule has 1 aromatic heterocycles. The van der Waals surface area contributed by atoms with E-state index < -0.39 is 5.82 Å². The van der Waals surface area contributed by atoms with E-state index in [0.717, 1.165) is 5.56 Å². The Balaban J connectivity index is 2.24. The predicted octanol–water partition coefficient (Wildman–Crippen LogP) is 4.09. The first-order chi connectivity index (χ1) is 11.0. The fourth-order valence-electron chi connectivity index (χ4n) is 2.35. The fourth-order valence-corrected chi connectivity index (χ4v) is 2.67. The number of halogens is 2. The number of rotatable bonds is 2. The zero-order chi connectivity index (χ0) is 16.6. The molecule has 0 aliphatic rings. The lowest BCUT2D eigenvalue weighted by Crippen LogP contribution is -2.02. The van der Waals surface area contributed by atoms with Crippen LogP contribution in [0.1, 0.15) is 11.1 Å². The average Bonchev–Trinajstić information content (AvgIpc) is 2.84. The summed E-state index contributed by atoms with van der Waals surface area (Å²) in [6.07, 6.45) is 0. The highest BCUT2D eigenvalue weighted by molar-refractivity contribution is 6.33. The Morgan fingerprint density at radius 2 is 2.04 bits per heavy atom. The summed E-state index contributed by atoms with van der Waals surface area (Å²) in [7, 11) is 0. The van der Waals surface area contributed by atoms with E-state index >= 15 is 0 Å². The third-order valence-corrected chi connectivity index (χ3v) is 3.78. The third kappa shape index (κ3) is 2.65. The summed E-state index contributed by atoms with van der Waals surface area (Å²) in [5, 5.41) is 14.3. The van der Waals surface area contributed by atoms with Crippen molar-refractivity contribution in [1.29, 1.82) is 5.26 Å². The molecule has 3 aromatic rings. The monoisotopic (exact) mass is 326 g/mol. The van der Waals surface area contributed by atoms with E-state index in [1.807, 2.05) is 19.1 Å². The minimum absolute atomic E-state index is 0.143. The molecule has 0 spiro atoms. The number of nitrogens with two attached hydrogens (primary N) is 1. The van der Waals surface area contributed by atoms with Crippen LogP contribution >= 0.6 is 11.6 Å². The van der Waals surface area contributed by atoms with Crippen LogP contribution in [-0.4, -0.2) is 9.78 Å². The molecule has 0 unspecified atom stereocenters. The van der Waals surface area contributed by atoms with E-state index in [1.54, 1.807) is 24.3 Å². The highest BCUT2D eigenvalue weighted by atomic mass is 35.5. The third-order valence-electron chi connectivity index (χ3n) is 3.47. The lowest BCUT2D eigenvalue weighted by Gasteiger charge is -2.04. The number of hydrogen-bond acceptors (Lipinski definition) is 3. The summed E-state index contributed by atoms with van der Waals surface area (Å²) in [6, 6.07) is 13.3. The van der Waals surface area contributed by atoms with Gasteiger partial charge < -0.3 is 5.73 Å². The van der Waals surface area contributed by atoms with Crippen molar-refractivity contribution in [1.82, 2.24) is 9.78 Å². The van der Waals surface area contributed by atoms with Crippen molar-refractivity contribution in [3.8, 4) is 23.0 Å². The summed E-state index contributed by atoms with van der Waals surface area (Å²) in [4.78, 5) is 0. The molecular weight excluding hydrogens is 315 g/mol. The maximum absolute atomic E-state index is 13.4. The molecule has 0 amide bonds. The quantitative estimate of drug-likeness (QED) is 0.771. The minimum Gasteiger partial charge on any atom is -0.382 e. The van der Waals surface area contributed by atoms with Crippen LogP contribution in [0.3, 0.4) is 0 Å². The number of anilines is 1. The van der Waals surface area contributed by atoms with Crippen molar-refractivity contribution in [2.45, 2.75) is 6.92 Å². The summed E-state index contributed by atoms with van der Waals surface area (Å²) in [6.45, 7) is 1.92. The Kier molecular flexibility index (Phi) is 3.77. The number of nitrogen functional groups attached to an aromatic ring is 1. The van der Waals surface area contributed by atoms with Crippen LogP contribution in [0.5, 0.6) is 0 Å². The van der Waals surface area contributed by atoms with Gasteiger partial charge in [-0.05, 0) is 36.8 Å². The van der Waals surface area contributed by atoms with Crippen molar-refractivity contribution in [3.05, 3.63) is 64.4 Å². The van der Waals surface area contributed by atoms with Gasteiger partial charge in [0.1, 0.15) is 29.0 Å². The van der Waals surface area contributed by atoms with Crippen LogP contribution in [0.4, 0.5) is 10.2 Å². The Morgan fingerprint density at radius 1 is 1.26 bits per heavy atom. The molecule has 0 aliphatic carbocycles. The molecule has 0 atom stereocenters. The Labute approximate surface area is 137 Å². The molecule has 23 heavy (non-hydrogen) atoms. The first-order valence-electron chi connectivity index (χ1n) is 6.82. The number of aromatic nitrogens is 2. The molecular formula is C17H12ClFN4. The van der Waals surface area contributed by atoms with Crippen molar-refractivity contribution < 1.29 is 4.39 Å². The van der Waals surface area contributed by atoms with E-state index in [2.05, 4.69) is 5.10 Å². The smallest absolute Gasteiger partial charge is 0.145 e. The zero-order valence-corrected chi connectivity index (χ0v) is 13.0. The van der Waals surface area contributed by atoms with Gasteiger partial charge in [-0.2, -0.15) is 10.4 Å². The summed E-state index contributed by atoms with van der Waals surface area (Å²) < 4.78 is 14.8. The highest BCUT2D eigenvalue weighted by Crippen LogP contribution is 2.33. The van der Waals surface area contributed by atoms with Crippen LogP contribution < -0.4 is 5.73 Å². The molecule has 2 N–H and O–H groups in total. The molecule has 1 heterocycles. The van der Waals surface area contributed by atoms with Gasteiger partial charge in [0.05, 0.1) is 10.7 Å². The molecule has 0 saturated heterocycles. The summed E-state index contributed by atoms with van der Waals surface area (Å²) in [5.74, 6) is -0.268. The lowest BCUT2D eigenvalue weighted by molar-refractivity contribution is 0.625. The zero-order valence-electron chi connectivity index (χ0n) is 12.2. The van der Waals surface area contributed by atoms with Gasteiger partial charge in [0.2, 0.25) is 0 Å². The van der Waals surface area contributed by atoms with E-state index in [-0.39, 0.29) is 11.4 Å². The Morgan fingerprint density at radius 3 is 2.70 bits per heavy atom. The average molecular weight is 327 g/mol. The van der Waals surface area contributed by atoms with E-state index in [4.69, 9.17) is 17.3 Å². The van der Waals surface area contributed by atoms with Gasteiger partial charge in [-0.1, -0.05) is 29.8 Å². The standard InChI is InChI=1S/C17H12ClFN4/c1-10-5-6-13(15(18)7-10)16-14(9-20)17(21)23(22-16)12-4-2-3-11(19)8-12/h2-8H,21H2,1H3. The van der Waals surface area contributed by atoms with Gasteiger partial charge in [0.25, 0.3) is 0 Å². The van der Waals surface area contributed by atoms with Gasteiger partial charge in [-0.3, -0.25) is 0 Å². The second kappa shape index (κ2) is 5.75. The summed E-state index contributed by atoms with van der Waals surface area (Å²) in [5.41, 5.74) is 8.65.